The molecule has 130 valence electrons. The van der Waals surface area contributed by atoms with Gasteiger partial charge >= 0.3 is 0 Å². The molecule has 1 saturated heterocycles. The molecular weight excluding hydrogens is 308 g/mol. The molecule has 0 atom stereocenters. The highest BCUT2D eigenvalue weighted by atomic mass is 16.7. The molecule has 1 aliphatic heterocycles. The van der Waals surface area contributed by atoms with Crippen molar-refractivity contribution in [1.82, 2.24) is 10.6 Å². The second-order valence-electron chi connectivity index (χ2n) is 6.39. The quantitative estimate of drug-likeness (QED) is 0.848. The maximum absolute atomic E-state index is 12.0. The molecule has 1 aromatic rings. The zero-order chi connectivity index (χ0) is 16.8. The second-order valence-corrected chi connectivity index (χ2v) is 6.39. The van der Waals surface area contributed by atoms with Crippen molar-refractivity contribution in [3.05, 3.63) is 35.9 Å². The summed E-state index contributed by atoms with van der Waals surface area (Å²) in [5.74, 6) is -0.706. The van der Waals surface area contributed by atoms with Gasteiger partial charge in [-0.2, -0.15) is 0 Å². The van der Waals surface area contributed by atoms with Gasteiger partial charge in [-0.3, -0.25) is 9.59 Å². The zero-order valence-electron chi connectivity index (χ0n) is 13.8. The van der Waals surface area contributed by atoms with Gasteiger partial charge in [-0.25, -0.2) is 0 Å². The summed E-state index contributed by atoms with van der Waals surface area (Å²) in [7, 11) is 0. The van der Waals surface area contributed by atoms with E-state index < -0.39 is 5.79 Å². The van der Waals surface area contributed by atoms with Crippen LogP contribution in [0.2, 0.25) is 0 Å². The van der Waals surface area contributed by atoms with Crippen LogP contribution in [0.3, 0.4) is 0 Å². The van der Waals surface area contributed by atoms with Gasteiger partial charge in [0.25, 0.3) is 0 Å². The van der Waals surface area contributed by atoms with Crippen LogP contribution in [0.25, 0.3) is 0 Å². The van der Waals surface area contributed by atoms with Crippen LogP contribution >= 0.6 is 0 Å². The molecule has 2 fully saturated rings. The van der Waals surface area contributed by atoms with Crippen LogP contribution in [0.4, 0.5) is 0 Å². The summed E-state index contributed by atoms with van der Waals surface area (Å²) < 4.78 is 11.4. The second kappa shape index (κ2) is 7.77. The van der Waals surface area contributed by atoms with Gasteiger partial charge in [0, 0.05) is 18.9 Å². The number of amides is 2. The van der Waals surface area contributed by atoms with Crippen molar-refractivity contribution in [2.24, 2.45) is 0 Å². The SMILES string of the molecule is O=C(Cc1ccccc1)NCC(=O)NC1CCC2(CC1)OCCO2. The van der Waals surface area contributed by atoms with Gasteiger partial charge in [-0.1, -0.05) is 30.3 Å². The highest BCUT2D eigenvalue weighted by Gasteiger charge is 2.40. The third-order valence-electron chi connectivity index (χ3n) is 4.58. The molecule has 1 heterocycles. The van der Waals surface area contributed by atoms with Gasteiger partial charge in [0.2, 0.25) is 11.8 Å². The number of hydrogen-bond donors (Lipinski definition) is 2. The number of hydrogen-bond acceptors (Lipinski definition) is 4. The molecule has 1 aliphatic carbocycles. The molecule has 0 aromatic heterocycles. The van der Waals surface area contributed by atoms with E-state index in [4.69, 9.17) is 9.47 Å². The lowest BCUT2D eigenvalue weighted by Gasteiger charge is -2.35. The highest BCUT2D eigenvalue weighted by molar-refractivity contribution is 5.85. The van der Waals surface area contributed by atoms with Crippen molar-refractivity contribution in [3.8, 4) is 0 Å². The lowest BCUT2D eigenvalue weighted by Crippen LogP contribution is -2.46. The molecule has 0 bridgehead atoms. The lowest BCUT2D eigenvalue weighted by atomic mass is 9.90. The number of carbonyl (C=O) groups excluding carboxylic acids is 2. The molecule has 2 amide bonds. The number of ether oxygens (including phenoxy) is 2. The van der Waals surface area contributed by atoms with Crippen LogP contribution in [-0.2, 0) is 25.5 Å². The topological polar surface area (TPSA) is 76.7 Å². The number of carbonyl (C=O) groups is 2. The third-order valence-corrected chi connectivity index (χ3v) is 4.58. The van der Waals surface area contributed by atoms with Gasteiger partial charge in [0.15, 0.2) is 5.79 Å². The predicted octanol–water partition coefficient (Wildman–Crippen LogP) is 1.15. The molecule has 1 saturated carbocycles. The van der Waals surface area contributed by atoms with Crippen LogP contribution < -0.4 is 10.6 Å². The van der Waals surface area contributed by atoms with E-state index in [2.05, 4.69) is 10.6 Å². The summed E-state index contributed by atoms with van der Waals surface area (Å²) in [6.45, 7) is 1.33. The molecule has 6 nitrogen and oxygen atoms in total. The Morgan fingerprint density at radius 1 is 1.04 bits per heavy atom. The molecule has 1 spiro atoms. The van der Waals surface area contributed by atoms with Gasteiger partial charge in [0.05, 0.1) is 26.2 Å². The van der Waals surface area contributed by atoms with E-state index >= 15 is 0 Å². The fourth-order valence-corrected chi connectivity index (χ4v) is 3.29. The Labute approximate surface area is 141 Å². The minimum absolute atomic E-state index is 0.0142. The Bertz CT molecular complexity index is 560. The highest BCUT2D eigenvalue weighted by Crippen LogP contribution is 2.35. The summed E-state index contributed by atoms with van der Waals surface area (Å²) in [6, 6.07) is 9.61. The van der Waals surface area contributed by atoms with Crippen LogP contribution in [-0.4, -0.2) is 43.4 Å². The average Bonchev–Trinajstić information content (AvgIpc) is 3.05. The summed E-state index contributed by atoms with van der Waals surface area (Å²) >= 11 is 0. The van der Waals surface area contributed by atoms with Crippen molar-refractivity contribution in [3.63, 3.8) is 0 Å². The largest absolute Gasteiger partial charge is 0.352 e. The van der Waals surface area contributed by atoms with E-state index in [9.17, 15) is 9.59 Å². The maximum atomic E-state index is 12.0. The maximum Gasteiger partial charge on any atom is 0.239 e. The first-order valence-corrected chi connectivity index (χ1v) is 8.53. The van der Waals surface area contributed by atoms with Crippen molar-refractivity contribution < 1.29 is 19.1 Å². The normalized spacial score (nSPS) is 20.0. The van der Waals surface area contributed by atoms with Gasteiger partial charge in [-0.05, 0) is 18.4 Å². The lowest BCUT2D eigenvalue weighted by molar-refractivity contribution is -0.180. The summed E-state index contributed by atoms with van der Waals surface area (Å²) in [5, 5.41) is 5.65. The van der Waals surface area contributed by atoms with E-state index in [0.717, 1.165) is 31.2 Å². The van der Waals surface area contributed by atoms with Crippen molar-refractivity contribution >= 4 is 11.8 Å². The fourth-order valence-electron chi connectivity index (χ4n) is 3.29. The summed E-state index contributed by atoms with van der Waals surface area (Å²) in [6.07, 6.45) is 3.57. The van der Waals surface area contributed by atoms with Crippen LogP contribution in [0.5, 0.6) is 0 Å². The molecule has 1 aromatic carbocycles. The smallest absolute Gasteiger partial charge is 0.239 e. The van der Waals surface area contributed by atoms with E-state index in [1.807, 2.05) is 30.3 Å². The van der Waals surface area contributed by atoms with E-state index in [-0.39, 0.29) is 30.8 Å². The van der Waals surface area contributed by atoms with Crippen molar-refractivity contribution in [1.29, 1.82) is 0 Å². The molecule has 3 rings (SSSR count). The Balaban J connectivity index is 1.35. The minimum Gasteiger partial charge on any atom is -0.352 e. The standard InChI is InChI=1S/C18H24N2O4/c21-16(12-14-4-2-1-3-5-14)19-13-17(22)20-15-6-8-18(9-7-15)23-10-11-24-18/h1-5,15H,6-13H2,(H,19,21)(H,20,22). The first kappa shape index (κ1) is 16.9. The summed E-state index contributed by atoms with van der Waals surface area (Å²) in [4.78, 5) is 23.8. The number of benzene rings is 1. The fraction of sp³-hybridized carbons (Fsp3) is 0.556. The average molecular weight is 332 g/mol. The zero-order valence-corrected chi connectivity index (χ0v) is 13.8. The molecule has 24 heavy (non-hydrogen) atoms. The molecule has 2 N–H and O–H groups in total. The summed E-state index contributed by atoms with van der Waals surface area (Å²) in [5.41, 5.74) is 0.935. The Morgan fingerprint density at radius 3 is 2.38 bits per heavy atom. The Hall–Kier alpha value is -1.92. The van der Waals surface area contributed by atoms with Crippen LogP contribution in [0.15, 0.2) is 30.3 Å². The molecule has 0 unspecified atom stereocenters. The monoisotopic (exact) mass is 332 g/mol. The van der Waals surface area contributed by atoms with Crippen LogP contribution in [0.1, 0.15) is 31.2 Å². The van der Waals surface area contributed by atoms with E-state index in [1.165, 1.54) is 0 Å². The number of nitrogens with one attached hydrogen (secondary N) is 2. The molecule has 2 aliphatic rings. The van der Waals surface area contributed by atoms with Crippen molar-refractivity contribution in [2.45, 2.75) is 43.9 Å². The van der Waals surface area contributed by atoms with Gasteiger partial charge in [-0.15, -0.1) is 0 Å². The molecule has 0 radical (unpaired) electrons. The molecular formula is C18H24N2O4. The van der Waals surface area contributed by atoms with E-state index in [0.29, 0.717) is 13.2 Å². The molecule has 6 heteroatoms. The van der Waals surface area contributed by atoms with Crippen molar-refractivity contribution in [2.75, 3.05) is 19.8 Å². The van der Waals surface area contributed by atoms with E-state index in [1.54, 1.807) is 0 Å². The predicted molar refractivity (Wildman–Crippen MR) is 88.2 cm³/mol. The van der Waals surface area contributed by atoms with Gasteiger partial charge < -0.3 is 20.1 Å². The first-order valence-electron chi connectivity index (χ1n) is 8.53. The van der Waals surface area contributed by atoms with Crippen LogP contribution in [0, 0.1) is 0 Å². The third kappa shape index (κ3) is 4.55. The Morgan fingerprint density at radius 2 is 1.71 bits per heavy atom. The van der Waals surface area contributed by atoms with Gasteiger partial charge in [0.1, 0.15) is 0 Å². The number of rotatable bonds is 5. The first-order chi connectivity index (χ1) is 11.7. The minimum atomic E-state index is -0.412. The Kier molecular flexibility index (Phi) is 5.48.